The van der Waals surface area contributed by atoms with E-state index in [1.165, 1.54) is 0 Å². The Kier molecular flexibility index (Phi) is 4.67. The monoisotopic (exact) mass is 336 g/mol. The largest absolute Gasteiger partial charge is 0.298 e. The van der Waals surface area contributed by atoms with Gasteiger partial charge in [-0.2, -0.15) is 0 Å². The van der Waals surface area contributed by atoms with Gasteiger partial charge in [-0.1, -0.05) is 31.9 Å². The third-order valence-corrected chi connectivity index (χ3v) is 4.42. The number of benzene rings is 1. The lowest BCUT2D eigenvalue weighted by molar-refractivity contribution is -0.116. The molecule has 0 spiro atoms. The Morgan fingerprint density at radius 2 is 2.14 bits per heavy atom. The van der Waals surface area contributed by atoms with Gasteiger partial charge in [0.15, 0.2) is 0 Å². The minimum absolute atomic E-state index is 0.115. The number of ketones is 1. The summed E-state index contributed by atoms with van der Waals surface area (Å²) in [6.07, 6.45) is 2.02. The molecule has 1 atom stereocenters. The van der Waals surface area contributed by atoms with E-state index in [-0.39, 0.29) is 10.6 Å². The highest BCUT2D eigenvalue weighted by Gasteiger charge is 2.15. The van der Waals surface area contributed by atoms with Crippen molar-refractivity contribution in [1.82, 2.24) is 0 Å². The van der Waals surface area contributed by atoms with Crippen LogP contribution in [0.3, 0.4) is 0 Å². The van der Waals surface area contributed by atoms with Crippen LogP contribution in [0.4, 0.5) is 0 Å². The van der Waals surface area contributed by atoms with Crippen molar-refractivity contribution in [3.63, 3.8) is 0 Å². The second-order valence-electron chi connectivity index (χ2n) is 2.86. The topological polar surface area (TPSA) is 17.1 Å². The Labute approximate surface area is 105 Å². The summed E-state index contributed by atoms with van der Waals surface area (Å²) in [5.41, 5.74) is 0.990. The zero-order valence-electron chi connectivity index (χ0n) is 7.88. The SMILES string of the molecule is CSc1ccc(Br)c(C(Br)C(C)=O)c1. The molecule has 0 saturated heterocycles. The van der Waals surface area contributed by atoms with E-state index in [2.05, 4.69) is 31.9 Å². The lowest BCUT2D eigenvalue weighted by atomic mass is 10.1. The van der Waals surface area contributed by atoms with Gasteiger partial charge in [-0.05, 0) is 36.9 Å². The molecular formula is C10H10Br2OS. The molecule has 0 bridgehead atoms. The predicted molar refractivity (Wildman–Crippen MR) is 68.3 cm³/mol. The molecule has 0 aliphatic carbocycles. The summed E-state index contributed by atoms with van der Waals surface area (Å²) < 4.78 is 0.965. The van der Waals surface area contributed by atoms with Gasteiger partial charge in [0.05, 0.1) is 4.83 Å². The van der Waals surface area contributed by atoms with Crippen LogP contribution >= 0.6 is 43.6 Å². The molecule has 0 aliphatic heterocycles. The zero-order chi connectivity index (χ0) is 10.7. The molecule has 0 aliphatic rings. The van der Waals surface area contributed by atoms with Crippen LogP contribution < -0.4 is 0 Å². The summed E-state index contributed by atoms with van der Waals surface area (Å²) in [5, 5.41) is 0. The molecule has 0 radical (unpaired) electrons. The first-order valence-electron chi connectivity index (χ1n) is 4.04. The van der Waals surface area contributed by atoms with Crippen molar-refractivity contribution in [2.75, 3.05) is 6.26 Å². The van der Waals surface area contributed by atoms with Crippen molar-refractivity contribution < 1.29 is 4.79 Å². The van der Waals surface area contributed by atoms with Gasteiger partial charge in [-0.3, -0.25) is 4.79 Å². The molecule has 0 saturated carbocycles. The average Bonchev–Trinajstić information content (AvgIpc) is 2.17. The maximum Gasteiger partial charge on any atom is 0.147 e. The molecule has 0 fully saturated rings. The number of thioether (sulfide) groups is 1. The highest BCUT2D eigenvalue weighted by molar-refractivity contribution is 9.11. The van der Waals surface area contributed by atoms with E-state index in [1.54, 1.807) is 18.7 Å². The number of hydrogen-bond acceptors (Lipinski definition) is 2. The number of halogens is 2. The van der Waals surface area contributed by atoms with Crippen LogP contribution in [0.1, 0.15) is 17.3 Å². The third kappa shape index (κ3) is 2.84. The highest BCUT2D eigenvalue weighted by atomic mass is 79.9. The lowest BCUT2D eigenvalue weighted by Gasteiger charge is -2.10. The van der Waals surface area contributed by atoms with E-state index in [0.717, 1.165) is 14.9 Å². The summed E-state index contributed by atoms with van der Waals surface area (Å²) in [6, 6.07) is 6.02. The number of rotatable bonds is 3. The Balaban J connectivity index is 3.11. The standard InChI is InChI=1S/C10H10Br2OS/c1-6(13)10(12)8-5-7(14-2)3-4-9(8)11/h3-5,10H,1-2H3. The molecule has 1 unspecified atom stereocenters. The van der Waals surface area contributed by atoms with Crippen LogP contribution in [0.15, 0.2) is 27.6 Å². The maximum absolute atomic E-state index is 11.2. The van der Waals surface area contributed by atoms with Crippen molar-refractivity contribution in [3.8, 4) is 0 Å². The van der Waals surface area contributed by atoms with Gasteiger partial charge in [0, 0.05) is 9.37 Å². The van der Waals surface area contributed by atoms with Crippen LogP contribution in [-0.2, 0) is 4.79 Å². The van der Waals surface area contributed by atoms with Crippen LogP contribution in [-0.4, -0.2) is 12.0 Å². The number of carbonyl (C=O) groups excluding carboxylic acids is 1. The Morgan fingerprint density at radius 1 is 1.50 bits per heavy atom. The third-order valence-electron chi connectivity index (χ3n) is 1.83. The second-order valence-corrected chi connectivity index (χ2v) is 5.51. The summed E-state index contributed by atoms with van der Waals surface area (Å²) >= 11 is 8.48. The van der Waals surface area contributed by atoms with E-state index in [0.29, 0.717) is 0 Å². The Hall–Kier alpha value is 0.200. The van der Waals surface area contributed by atoms with Gasteiger partial charge in [0.1, 0.15) is 5.78 Å². The Bertz CT molecular complexity index is 352. The summed E-state index contributed by atoms with van der Waals surface area (Å²) in [6.45, 7) is 1.58. The molecule has 14 heavy (non-hydrogen) atoms. The first kappa shape index (κ1) is 12.3. The van der Waals surface area contributed by atoms with Crippen molar-refractivity contribution in [1.29, 1.82) is 0 Å². The summed E-state index contributed by atoms with van der Waals surface area (Å²) in [4.78, 5) is 12.2. The highest BCUT2D eigenvalue weighted by Crippen LogP contribution is 2.33. The maximum atomic E-state index is 11.2. The lowest BCUT2D eigenvalue weighted by Crippen LogP contribution is -2.01. The fourth-order valence-electron chi connectivity index (χ4n) is 1.06. The molecule has 1 rings (SSSR count). The van der Waals surface area contributed by atoms with Gasteiger partial charge < -0.3 is 0 Å². The molecule has 0 heterocycles. The van der Waals surface area contributed by atoms with Crippen molar-refractivity contribution in [2.45, 2.75) is 16.6 Å². The first-order valence-corrected chi connectivity index (χ1v) is 6.97. The van der Waals surface area contributed by atoms with Gasteiger partial charge in [0.2, 0.25) is 0 Å². The molecule has 1 aromatic rings. The smallest absolute Gasteiger partial charge is 0.147 e. The van der Waals surface area contributed by atoms with E-state index in [9.17, 15) is 4.79 Å². The summed E-state index contributed by atoms with van der Waals surface area (Å²) in [5.74, 6) is 0.115. The predicted octanol–water partition coefficient (Wildman–Crippen LogP) is 4.20. The van der Waals surface area contributed by atoms with E-state index in [1.807, 2.05) is 24.5 Å². The molecular weight excluding hydrogens is 328 g/mol. The van der Waals surface area contributed by atoms with E-state index >= 15 is 0 Å². The number of hydrogen-bond donors (Lipinski definition) is 0. The van der Waals surface area contributed by atoms with Crippen LogP contribution in [0.25, 0.3) is 0 Å². The van der Waals surface area contributed by atoms with Crippen molar-refractivity contribution in [3.05, 3.63) is 28.2 Å². The molecule has 0 amide bonds. The normalized spacial score (nSPS) is 12.6. The quantitative estimate of drug-likeness (QED) is 0.607. The molecule has 0 aromatic heterocycles. The van der Waals surface area contributed by atoms with Crippen molar-refractivity contribution in [2.24, 2.45) is 0 Å². The fraction of sp³-hybridized carbons (Fsp3) is 0.300. The zero-order valence-corrected chi connectivity index (χ0v) is 11.9. The van der Waals surface area contributed by atoms with Gasteiger partial charge in [-0.15, -0.1) is 11.8 Å². The van der Waals surface area contributed by atoms with Gasteiger partial charge in [-0.25, -0.2) is 0 Å². The molecule has 76 valence electrons. The first-order chi connectivity index (χ1) is 6.56. The second kappa shape index (κ2) is 5.33. The fourth-order valence-corrected chi connectivity index (χ4v) is 2.67. The van der Waals surface area contributed by atoms with Crippen LogP contribution in [0, 0.1) is 0 Å². The van der Waals surface area contributed by atoms with Gasteiger partial charge >= 0.3 is 0 Å². The van der Waals surface area contributed by atoms with Crippen molar-refractivity contribution >= 4 is 49.4 Å². The van der Waals surface area contributed by atoms with Crippen LogP contribution in [0.2, 0.25) is 0 Å². The van der Waals surface area contributed by atoms with Gasteiger partial charge in [0.25, 0.3) is 0 Å². The van der Waals surface area contributed by atoms with E-state index < -0.39 is 0 Å². The molecule has 1 aromatic carbocycles. The molecule has 1 nitrogen and oxygen atoms in total. The molecule has 0 N–H and O–H groups in total. The molecule has 4 heteroatoms. The number of carbonyl (C=O) groups is 1. The van der Waals surface area contributed by atoms with Crippen LogP contribution in [0.5, 0.6) is 0 Å². The van der Waals surface area contributed by atoms with E-state index in [4.69, 9.17) is 0 Å². The Morgan fingerprint density at radius 3 is 2.64 bits per heavy atom. The average molecular weight is 338 g/mol. The summed E-state index contributed by atoms with van der Waals surface area (Å²) in [7, 11) is 0. The minimum atomic E-state index is -0.219. The minimum Gasteiger partial charge on any atom is -0.298 e. The number of Topliss-reactive ketones (excluding diaryl/α,β-unsaturated/α-hetero) is 1. The number of alkyl halides is 1.